The van der Waals surface area contributed by atoms with E-state index in [-0.39, 0.29) is 22.9 Å². The molecule has 2 aliphatic heterocycles. The van der Waals surface area contributed by atoms with E-state index >= 15 is 0 Å². The molecule has 150 valence electrons. The molecule has 1 amide bonds. The standard InChI is InChI=1S/C22H34N2O3/c1-21(2)11-6-12-22(3,4)24(21)27-16-18-13-20(25)23(15-18)14-17-7-9-19(26-5)10-8-17/h7-10,18H,6,11-16H2,1-5H3. The van der Waals surface area contributed by atoms with Crippen molar-refractivity contribution in [2.45, 2.75) is 71.0 Å². The fraction of sp³-hybridized carbons (Fsp3) is 0.682. The lowest BCUT2D eigenvalue weighted by molar-refractivity contribution is -0.285. The molecule has 0 bridgehead atoms. The monoisotopic (exact) mass is 374 g/mol. The SMILES string of the molecule is COc1ccc(CN2CC(CON3C(C)(C)CCCC3(C)C)CC2=O)cc1. The third-order valence-corrected chi connectivity index (χ3v) is 5.94. The molecular weight excluding hydrogens is 340 g/mol. The van der Waals surface area contributed by atoms with Crippen LogP contribution in [0, 0.1) is 5.92 Å². The molecule has 5 nitrogen and oxygen atoms in total. The molecule has 1 atom stereocenters. The zero-order valence-corrected chi connectivity index (χ0v) is 17.5. The number of hydrogen-bond acceptors (Lipinski definition) is 4. The first kappa shape index (κ1) is 20.2. The number of amides is 1. The van der Waals surface area contributed by atoms with E-state index in [0.717, 1.165) is 30.7 Å². The van der Waals surface area contributed by atoms with Crippen molar-refractivity contribution in [2.24, 2.45) is 5.92 Å². The van der Waals surface area contributed by atoms with E-state index in [4.69, 9.17) is 9.57 Å². The number of methoxy groups -OCH3 is 1. The Morgan fingerprint density at radius 2 is 1.70 bits per heavy atom. The van der Waals surface area contributed by atoms with Gasteiger partial charge in [-0.3, -0.25) is 9.63 Å². The highest BCUT2D eigenvalue weighted by Gasteiger charge is 2.43. The predicted molar refractivity (Wildman–Crippen MR) is 106 cm³/mol. The van der Waals surface area contributed by atoms with Crippen molar-refractivity contribution in [3.8, 4) is 5.75 Å². The number of ether oxygens (including phenoxy) is 1. The molecule has 0 spiro atoms. The van der Waals surface area contributed by atoms with E-state index in [9.17, 15) is 4.79 Å². The van der Waals surface area contributed by atoms with Gasteiger partial charge in [-0.1, -0.05) is 12.1 Å². The number of hydrogen-bond donors (Lipinski definition) is 0. The summed E-state index contributed by atoms with van der Waals surface area (Å²) in [5, 5.41) is 2.19. The zero-order chi connectivity index (χ0) is 19.7. The fourth-order valence-corrected chi connectivity index (χ4v) is 4.58. The van der Waals surface area contributed by atoms with E-state index in [1.807, 2.05) is 29.2 Å². The van der Waals surface area contributed by atoms with Crippen LogP contribution in [-0.4, -0.2) is 47.2 Å². The topological polar surface area (TPSA) is 42.0 Å². The lowest BCUT2D eigenvalue weighted by atomic mass is 9.82. The molecule has 27 heavy (non-hydrogen) atoms. The Bertz CT molecular complexity index is 638. The van der Waals surface area contributed by atoms with Crippen molar-refractivity contribution >= 4 is 5.91 Å². The lowest BCUT2D eigenvalue weighted by Crippen LogP contribution is -2.58. The number of piperidine rings is 1. The summed E-state index contributed by atoms with van der Waals surface area (Å²) >= 11 is 0. The van der Waals surface area contributed by atoms with Gasteiger partial charge in [0.25, 0.3) is 0 Å². The number of benzene rings is 1. The molecular formula is C22H34N2O3. The summed E-state index contributed by atoms with van der Waals surface area (Å²) < 4.78 is 5.20. The quantitative estimate of drug-likeness (QED) is 0.754. The number of carbonyl (C=O) groups excluding carboxylic acids is 1. The maximum Gasteiger partial charge on any atom is 0.223 e. The summed E-state index contributed by atoms with van der Waals surface area (Å²) in [5.41, 5.74) is 1.20. The summed E-state index contributed by atoms with van der Waals surface area (Å²) in [6, 6.07) is 7.93. The average molecular weight is 375 g/mol. The molecule has 2 saturated heterocycles. The average Bonchev–Trinajstić information content (AvgIpc) is 2.93. The highest BCUT2D eigenvalue weighted by atomic mass is 16.7. The molecule has 2 aliphatic rings. The molecule has 2 fully saturated rings. The minimum Gasteiger partial charge on any atom is -0.497 e. The summed E-state index contributed by atoms with van der Waals surface area (Å²) in [6.45, 7) is 11.0. The summed E-state index contributed by atoms with van der Waals surface area (Å²) in [6.07, 6.45) is 4.09. The van der Waals surface area contributed by atoms with Crippen molar-refractivity contribution < 1.29 is 14.4 Å². The minimum atomic E-state index is 0.0349. The van der Waals surface area contributed by atoms with Crippen molar-refractivity contribution in [1.29, 1.82) is 0 Å². The van der Waals surface area contributed by atoms with Crippen LogP contribution < -0.4 is 4.74 Å². The Kier molecular flexibility index (Phi) is 5.82. The second kappa shape index (κ2) is 7.80. The van der Waals surface area contributed by atoms with Gasteiger partial charge in [0.1, 0.15) is 5.75 Å². The van der Waals surface area contributed by atoms with Gasteiger partial charge in [-0.05, 0) is 64.7 Å². The Morgan fingerprint density at radius 3 is 2.30 bits per heavy atom. The highest BCUT2D eigenvalue weighted by Crippen LogP contribution is 2.38. The Balaban J connectivity index is 1.55. The summed E-state index contributed by atoms with van der Waals surface area (Å²) in [5.74, 6) is 1.31. The molecule has 1 unspecified atom stereocenters. The van der Waals surface area contributed by atoms with Crippen LogP contribution >= 0.6 is 0 Å². The Morgan fingerprint density at radius 1 is 1.07 bits per heavy atom. The van der Waals surface area contributed by atoms with Crippen molar-refractivity contribution in [3.05, 3.63) is 29.8 Å². The normalized spacial score (nSPS) is 25.0. The first-order chi connectivity index (χ1) is 12.7. The minimum absolute atomic E-state index is 0.0349. The van der Waals surface area contributed by atoms with E-state index in [2.05, 4.69) is 32.8 Å². The smallest absolute Gasteiger partial charge is 0.223 e. The zero-order valence-electron chi connectivity index (χ0n) is 17.5. The lowest BCUT2D eigenvalue weighted by Gasteiger charge is -2.51. The molecule has 1 aromatic rings. The van der Waals surface area contributed by atoms with Crippen molar-refractivity contribution in [2.75, 3.05) is 20.3 Å². The van der Waals surface area contributed by atoms with Crippen molar-refractivity contribution in [1.82, 2.24) is 9.96 Å². The van der Waals surface area contributed by atoms with Crippen molar-refractivity contribution in [3.63, 3.8) is 0 Å². The third-order valence-electron chi connectivity index (χ3n) is 5.94. The highest BCUT2D eigenvalue weighted by molar-refractivity contribution is 5.78. The first-order valence-corrected chi connectivity index (χ1v) is 10.1. The van der Waals surface area contributed by atoms with Gasteiger partial charge in [-0.2, -0.15) is 5.06 Å². The maximum atomic E-state index is 12.5. The molecule has 5 heteroatoms. The van der Waals surface area contributed by atoms with E-state index < -0.39 is 0 Å². The molecule has 3 rings (SSSR count). The van der Waals surface area contributed by atoms with Crippen LogP contribution in [0.25, 0.3) is 0 Å². The molecule has 1 aromatic carbocycles. The van der Waals surface area contributed by atoms with Gasteiger partial charge >= 0.3 is 0 Å². The first-order valence-electron chi connectivity index (χ1n) is 10.1. The van der Waals surface area contributed by atoms with Crippen LogP contribution in [0.1, 0.15) is 58.9 Å². The van der Waals surface area contributed by atoms with Crippen LogP contribution in [0.5, 0.6) is 5.75 Å². The number of rotatable bonds is 6. The summed E-state index contributed by atoms with van der Waals surface area (Å²) in [4.78, 5) is 20.7. The molecule has 0 N–H and O–H groups in total. The second-order valence-corrected chi connectivity index (χ2v) is 9.26. The second-order valence-electron chi connectivity index (χ2n) is 9.26. The number of carbonyl (C=O) groups is 1. The summed E-state index contributed by atoms with van der Waals surface area (Å²) in [7, 11) is 1.66. The molecule has 0 aromatic heterocycles. The van der Waals surface area contributed by atoms with E-state index in [1.165, 1.54) is 6.42 Å². The van der Waals surface area contributed by atoms with Gasteiger partial charge in [0.05, 0.1) is 13.7 Å². The van der Waals surface area contributed by atoms with Gasteiger partial charge < -0.3 is 9.64 Å². The van der Waals surface area contributed by atoms with Gasteiger partial charge in [0.2, 0.25) is 5.91 Å². The van der Waals surface area contributed by atoms with Crippen LogP contribution in [-0.2, 0) is 16.2 Å². The molecule has 0 saturated carbocycles. The van der Waals surface area contributed by atoms with Gasteiger partial charge in [0.15, 0.2) is 0 Å². The number of likely N-dealkylation sites (tertiary alicyclic amines) is 1. The van der Waals surface area contributed by atoms with E-state index in [1.54, 1.807) is 7.11 Å². The maximum absolute atomic E-state index is 12.5. The van der Waals surface area contributed by atoms with Gasteiger partial charge in [0, 0.05) is 36.5 Å². The molecule has 2 heterocycles. The fourth-order valence-electron chi connectivity index (χ4n) is 4.58. The molecule has 0 radical (unpaired) electrons. The van der Waals surface area contributed by atoms with Crippen LogP contribution in [0.4, 0.5) is 0 Å². The Labute approximate surface area is 163 Å². The third kappa shape index (κ3) is 4.64. The van der Waals surface area contributed by atoms with Crippen LogP contribution in [0.3, 0.4) is 0 Å². The Hall–Kier alpha value is -1.59. The number of nitrogens with zero attached hydrogens (tertiary/aromatic N) is 2. The van der Waals surface area contributed by atoms with Crippen LogP contribution in [0.2, 0.25) is 0 Å². The largest absolute Gasteiger partial charge is 0.497 e. The van der Waals surface area contributed by atoms with Gasteiger partial charge in [-0.15, -0.1) is 0 Å². The number of hydroxylamine groups is 2. The van der Waals surface area contributed by atoms with Crippen LogP contribution in [0.15, 0.2) is 24.3 Å². The van der Waals surface area contributed by atoms with E-state index in [0.29, 0.717) is 19.6 Å². The predicted octanol–water partition coefficient (Wildman–Crippen LogP) is 4.02. The van der Waals surface area contributed by atoms with Gasteiger partial charge in [-0.25, -0.2) is 0 Å². The molecule has 0 aliphatic carbocycles.